The molecule has 2 aliphatic rings. The van der Waals surface area contributed by atoms with Gasteiger partial charge in [0.15, 0.2) is 0 Å². The molecule has 0 aromatic carbocycles. The first kappa shape index (κ1) is 17.2. The van der Waals surface area contributed by atoms with Crippen molar-refractivity contribution in [1.82, 2.24) is 19.8 Å². The van der Waals surface area contributed by atoms with E-state index in [4.69, 9.17) is 4.74 Å². The Labute approximate surface area is 147 Å². The number of anilines is 2. The van der Waals surface area contributed by atoms with E-state index in [-0.39, 0.29) is 12.5 Å². The second-order valence-corrected chi connectivity index (χ2v) is 6.43. The van der Waals surface area contributed by atoms with E-state index in [1.807, 2.05) is 32.0 Å². The quantitative estimate of drug-likeness (QED) is 0.754. The van der Waals surface area contributed by atoms with Gasteiger partial charge in [-0.05, 0) is 6.92 Å². The summed E-state index contributed by atoms with van der Waals surface area (Å²) in [7, 11) is 3.90. The maximum Gasteiger partial charge on any atom is 0.410 e. The Morgan fingerprint density at radius 3 is 2.52 bits per heavy atom. The summed E-state index contributed by atoms with van der Waals surface area (Å²) in [4.78, 5) is 40.1. The Bertz CT molecular complexity index is 657. The predicted molar refractivity (Wildman–Crippen MR) is 92.8 cm³/mol. The van der Waals surface area contributed by atoms with Crippen molar-refractivity contribution in [2.45, 2.75) is 6.92 Å². The number of ether oxygens (including phenoxy) is 1. The normalized spacial score (nSPS) is 17.7. The summed E-state index contributed by atoms with van der Waals surface area (Å²) >= 11 is 0. The topological polar surface area (TPSA) is 82.1 Å². The minimum Gasteiger partial charge on any atom is -0.448 e. The summed E-state index contributed by atoms with van der Waals surface area (Å²) in [5.41, 5.74) is 0. The monoisotopic (exact) mass is 348 g/mol. The van der Waals surface area contributed by atoms with Crippen molar-refractivity contribution >= 4 is 23.6 Å². The van der Waals surface area contributed by atoms with Crippen LogP contribution in [0.2, 0.25) is 0 Å². The first-order valence-electron chi connectivity index (χ1n) is 8.41. The molecule has 2 amide bonds. The number of hydrogen-bond donors (Lipinski definition) is 0. The lowest BCUT2D eigenvalue weighted by molar-refractivity contribution is -0.132. The number of carbonyl (C=O) groups is 2. The number of cyclic esters (lactones) is 1. The summed E-state index contributed by atoms with van der Waals surface area (Å²) in [5.74, 6) is 2.44. The van der Waals surface area contributed by atoms with Crippen LogP contribution in [0.4, 0.5) is 16.4 Å². The summed E-state index contributed by atoms with van der Waals surface area (Å²) in [6.45, 7) is 5.46. The summed E-state index contributed by atoms with van der Waals surface area (Å²) in [6.07, 6.45) is -0.403. The van der Waals surface area contributed by atoms with Gasteiger partial charge in [-0.2, -0.15) is 0 Å². The minimum absolute atomic E-state index is 0.0358. The summed E-state index contributed by atoms with van der Waals surface area (Å²) < 4.78 is 4.86. The van der Waals surface area contributed by atoms with Crippen molar-refractivity contribution in [2.24, 2.45) is 0 Å². The van der Waals surface area contributed by atoms with E-state index in [0.29, 0.717) is 39.3 Å². The molecule has 9 nitrogen and oxygen atoms in total. The van der Waals surface area contributed by atoms with E-state index in [0.717, 1.165) is 17.5 Å². The molecule has 1 aromatic rings. The van der Waals surface area contributed by atoms with Crippen molar-refractivity contribution < 1.29 is 14.3 Å². The van der Waals surface area contributed by atoms with Gasteiger partial charge in [0.05, 0.1) is 6.54 Å². The Kier molecular flexibility index (Phi) is 4.91. The Morgan fingerprint density at radius 1 is 1.20 bits per heavy atom. The molecule has 2 fully saturated rings. The van der Waals surface area contributed by atoms with Gasteiger partial charge in [-0.15, -0.1) is 0 Å². The number of amides is 2. The molecule has 1 aromatic heterocycles. The van der Waals surface area contributed by atoms with Crippen LogP contribution in [0.1, 0.15) is 5.82 Å². The van der Waals surface area contributed by atoms with Gasteiger partial charge >= 0.3 is 6.09 Å². The van der Waals surface area contributed by atoms with Crippen molar-refractivity contribution in [3.63, 3.8) is 0 Å². The first-order valence-corrected chi connectivity index (χ1v) is 8.41. The zero-order chi connectivity index (χ0) is 18.0. The fourth-order valence-electron chi connectivity index (χ4n) is 2.95. The smallest absolute Gasteiger partial charge is 0.410 e. The van der Waals surface area contributed by atoms with Gasteiger partial charge in [0, 0.05) is 46.3 Å². The zero-order valence-electron chi connectivity index (χ0n) is 14.9. The predicted octanol–water partition coefficient (Wildman–Crippen LogP) is -0.0482. The number of piperazine rings is 1. The van der Waals surface area contributed by atoms with Crippen LogP contribution in [-0.2, 0) is 9.53 Å². The van der Waals surface area contributed by atoms with Crippen LogP contribution in [0.15, 0.2) is 6.07 Å². The largest absolute Gasteiger partial charge is 0.448 e. The third-order valence-corrected chi connectivity index (χ3v) is 4.40. The highest BCUT2D eigenvalue weighted by atomic mass is 16.6. The van der Waals surface area contributed by atoms with Gasteiger partial charge in [0.25, 0.3) is 0 Å². The molecule has 0 aliphatic carbocycles. The number of rotatable bonds is 4. The summed E-state index contributed by atoms with van der Waals surface area (Å²) in [5, 5.41) is 0. The zero-order valence-corrected chi connectivity index (χ0v) is 14.9. The maximum atomic E-state index is 12.4. The molecule has 0 atom stereocenters. The molecular formula is C16H24N6O3. The van der Waals surface area contributed by atoms with Crippen LogP contribution in [0.5, 0.6) is 0 Å². The van der Waals surface area contributed by atoms with Crippen molar-refractivity contribution in [1.29, 1.82) is 0 Å². The number of nitrogens with zero attached hydrogens (tertiary/aromatic N) is 6. The molecule has 0 radical (unpaired) electrons. The molecule has 0 saturated carbocycles. The van der Waals surface area contributed by atoms with E-state index in [9.17, 15) is 9.59 Å². The third kappa shape index (κ3) is 3.92. The van der Waals surface area contributed by atoms with Crippen LogP contribution >= 0.6 is 0 Å². The fourth-order valence-corrected chi connectivity index (χ4v) is 2.95. The molecule has 0 spiro atoms. The van der Waals surface area contributed by atoms with E-state index >= 15 is 0 Å². The highest BCUT2D eigenvalue weighted by Gasteiger charge is 2.28. The highest BCUT2D eigenvalue weighted by Crippen LogP contribution is 2.19. The molecule has 136 valence electrons. The summed E-state index contributed by atoms with van der Waals surface area (Å²) in [6, 6.07) is 1.96. The molecule has 0 N–H and O–H groups in total. The fraction of sp³-hybridized carbons (Fsp3) is 0.625. The maximum absolute atomic E-state index is 12.4. The second kappa shape index (κ2) is 7.12. The first-order chi connectivity index (χ1) is 11.9. The Hall–Kier alpha value is -2.58. The van der Waals surface area contributed by atoms with Crippen LogP contribution in [0.25, 0.3) is 0 Å². The van der Waals surface area contributed by atoms with Crippen LogP contribution in [-0.4, -0.2) is 91.7 Å². The van der Waals surface area contributed by atoms with Gasteiger partial charge in [0.2, 0.25) is 5.91 Å². The van der Waals surface area contributed by atoms with Gasteiger partial charge < -0.3 is 19.4 Å². The lowest BCUT2D eigenvalue weighted by atomic mass is 10.3. The minimum atomic E-state index is -0.403. The van der Waals surface area contributed by atoms with Crippen LogP contribution < -0.4 is 9.80 Å². The van der Waals surface area contributed by atoms with Gasteiger partial charge in [-0.1, -0.05) is 0 Å². The lowest BCUT2D eigenvalue weighted by Gasteiger charge is -2.36. The van der Waals surface area contributed by atoms with Gasteiger partial charge in [0.1, 0.15) is 30.6 Å². The molecule has 25 heavy (non-hydrogen) atoms. The third-order valence-electron chi connectivity index (χ3n) is 4.40. The average Bonchev–Trinajstić information content (AvgIpc) is 2.99. The van der Waals surface area contributed by atoms with Gasteiger partial charge in [-0.3, -0.25) is 9.69 Å². The van der Waals surface area contributed by atoms with Crippen molar-refractivity contribution in [3.05, 3.63) is 11.9 Å². The average molecular weight is 348 g/mol. The molecule has 3 rings (SSSR count). The second-order valence-electron chi connectivity index (χ2n) is 6.43. The molecule has 9 heteroatoms. The van der Waals surface area contributed by atoms with Crippen LogP contribution in [0, 0.1) is 6.92 Å². The van der Waals surface area contributed by atoms with Crippen molar-refractivity contribution in [2.75, 3.05) is 69.8 Å². The molecule has 0 unspecified atom stereocenters. The highest BCUT2D eigenvalue weighted by molar-refractivity contribution is 5.83. The van der Waals surface area contributed by atoms with E-state index < -0.39 is 6.09 Å². The molecule has 3 heterocycles. The van der Waals surface area contributed by atoms with Gasteiger partial charge in [-0.25, -0.2) is 14.8 Å². The number of carbonyl (C=O) groups excluding carboxylic acids is 2. The number of aryl methyl sites for hydroxylation is 1. The molecular weight excluding hydrogens is 324 g/mol. The number of hydrogen-bond acceptors (Lipinski definition) is 7. The van der Waals surface area contributed by atoms with E-state index in [1.54, 1.807) is 4.90 Å². The van der Waals surface area contributed by atoms with E-state index in [1.165, 1.54) is 4.90 Å². The van der Waals surface area contributed by atoms with E-state index in [2.05, 4.69) is 14.9 Å². The Balaban J connectivity index is 1.58. The Morgan fingerprint density at radius 2 is 1.92 bits per heavy atom. The molecule has 2 saturated heterocycles. The van der Waals surface area contributed by atoms with Crippen LogP contribution in [0.3, 0.4) is 0 Å². The lowest BCUT2D eigenvalue weighted by Crippen LogP contribution is -2.51. The number of aromatic nitrogens is 2. The molecule has 0 bridgehead atoms. The van der Waals surface area contributed by atoms with Crippen molar-refractivity contribution in [3.8, 4) is 0 Å². The SMILES string of the molecule is Cc1nc(N(C)C)cc(N2CCN(C(=O)CN3CCOC3=O)CC2)n1. The standard InChI is InChI=1S/C16H24N6O3/c1-12-17-13(19(2)3)10-14(18-12)20-4-6-21(7-5-20)15(23)11-22-8-9-25-16(22)24/h10H,4-9,11H2,1-3H3. The molecule has 2 aliphatic heterocycles.